The van der Waals surface area contributed by atoms with Crippen molar-refractivity contribution in [2.24, 2.45) is 5.92 Å². The molecule has 0 saturated carbocycles. The lowest BCUT2D eigenvalue weighted by molar-refractivity contribution is -0.192. The molecule has 0 spiro atoms. The van der Waals surface area contributed by atoms with Gasteiger partial charge in [0.1, 0.15) is 18.2 Å². The second kappa shape index (κ2) is 13.9. The van der Waals surface area contributed by atoms with Crippen molar-refractivity contribution in [2.45, 2.75) is 65.3 Å². The van der Waals surface area contributed by atoms with Crippen LogP contribution in [0.3, 0.4) is 0 Å². The van der Waals surface area contributed by atoms with Gasteiger partial charge in [0.2, 0.25) is 0 Å². The number of hydrogen-bond donors (Lipinski definition) is 2. The Morgan fingerprint density at radius 2 is 1.72 bits per heavy atom. The van der Waals surface area contributed by atoms with Crippen LogP contribution < -0.4 is 4.74 Å². The molecule has 1 aliphatic heterocycles. The van der Waals surface area contributed by atoms with Gasteiger partial charge >= 0.3 is 18.1 Å². The minimum absolute atomic E-state index is 0.0712. The van der Waals surface area contributed by atoms with Crippen LogP contribution in [-0.2, 0) is 34.6 Å². The van der Waals surface area contributed by atoms with Crippen molar-refractivity contribution in [2.75, 3.05) is 13.1 Å². The smallest absolute Gasteiger partial charge is 0.489 e. The van der Waals surface area contributed by atoms with Crippen molar-refractivity contribution in [3.63, 3.8) is 0 Å². The Morgan fingerprint density at radius 1 is 1.07 bits per heavy atom. The van der Waals surface area contributed by atoms with Crippen molar-refractivity contribution in [1.29, 1.82) is 0 Å². The highest BCUT2D eigenvalue weighted by molar-refractivity contribution is 5.73. The molecule has 1 atom stereocenters. The molecule has 1 aliphatic rings. The fourth-order valence-corrected chi connectivity index (χ4v) is 4.50. The minimum atomic E-state index is -5.08. The van der Waals surface area contributed by atoms with Crippen molar-refractivity contribution >= 4 is 11.9 Å². The topological polar surface area (TPSA) is 113 Å². The summed E-state index contributed by atoms with van der Waals surface area (Å²) >= 11 is 0. The van der Waals surface area contributed by atoms with Crippen LogP contribution in [0.25, 0.3) is 11.4 Å². The summed E-state index contributed by atoms with van der Waals surface area (Å²) in [6, 6.07) is 13.1. The molecule has 0 radical (unpaired) electrons. The molecule has 0 saturated heterocycles. The van der Waals surface area contributed by atoms with Crippen LogP contribution in [0.15, 0.2) is 48.7 Å². The van der Waals surface area contributed by atoms with Gasteiger partial charge in [-0.05, 0) is 34.6 Å². The molecular formula is C31H35F4N3O5. The molecule has 1 unspecified atom stereocenters. The summed E-state index contributed by atoms with van der Waals surface area (Å²) in [5, 5.41) is 16.1. The second-order valence-electron chi connectivity index (χ2n) is 11.5. The molecule has 43 heavy (non-hydrogen) atoms. The summed E-state index contributed by atoms with van der Waals surface area (Å²) in [4.78, 5) is 31.1. The number of carbonyl (C=O) groups is 2. The maximum atomic E-state index is 15.0. The fourth-order valence-electron chi connectivity index (χ4n) is 4.50. The van der Waals surface area contributed by atoms with Crippen molar-refractivity contribution in [1.82, 2.24) is 14.9 Å². The Balaban J connectivity index is 0.000000646. The second-order valence-corrected chi connectivity index (χ2v) is 11.5. The third-order valence-electron chi connectivity index (χ3n) is 6.76. The van der Waals surface area contributed by atoms with Crippen LogP contribution in [0.5, 0.6) is 5.75 Å². The number of carboxylic acids is 2. The van der Waals surface area contributed by atoms with Gasteiger partial charge in [-0.3, -0.25) is 9.69 Å². The summed E-state index contributed by atoms with van der Waals surface area (Å²) in [5.41, 5.74) is 4.64. The third kappa shape index (κ3) is 10.0. The number of fused-ring (bicyclic) bond motifs is 1. The molecular weight excluding hydrogens is 570 g/mol. The average molecular weight is 606 g/mol. The van der Waals surface area contributed by atoms with E-state index in [9.17, 15) is 22.4 Å². The lowest BCUT2D eigenvalue weighted by Crippen LogP contribution is -2.35. The van der Waals surface area contributed by atoms with Gasteiger partial charge in [-0.15, -0.1) is 0 Å². The van der Waals surface area contributed by atoms with E-state index < -0.39 is 23.9 Å². The van der Waals surface area contributed by atoms with Crippen LogP contribution >= 0.6 is 0 Å². The van der Waals surface area contributed by atoms with E-state index >= 15 is 0 Å². The van der Waals surface area contributed by atoms with E-state index in [1.54, 1.807) is 18.3 Å². The summed E-state index contributed by atoms with van der Waals surface area (Å²) in [5.74, 6) is -3.06. The number of carboxylic acid groups (broad SMARTS) is 2. The number of rotatable bonds is 8. The Hall–Kier alpha value is -4.06. The molecule has 0 fully saturated rings. The summed E-state index contributed by atoms with van der Waals surface area (Å²) in [6.07, 6.45) is -2.44. The number of ether oxygens (including phenoxy) is 1. The van der Waals surface area contributed by atoms with Crippen LogP contribution in [0, 0.1) is 11.7 Å². The summed E-state index contributed by atoms with van der Waals surface area (Å²) in [6.45, 7) is 11.0. The zero-order chi connectivity index (χ0) is 31.9. The van der Waals surface area contributed by atoms with E-state index in [2.05, 4.69) is 47.8 Å². The summed E-state index contributed by atoms with van der Waals surface area (Å²) in [7, 11) is 0. The van der Waals surface area contributed by atoms with Gasteiger partial charge in [0.15, 0.2) is 5.82 Å². The van der Waals surface area contributed by atoms with E-state index in [0.29, 0.717) is 36.8 Å². The lowest BCUT2D eigenvalue weighted by atomic mass is 9.87. The molecule has 0 bridgehead atoms. The quantitative estimate of drug-likeness (QED) is 0.290. The number of halogens is 4. The first kappa shape index (κ1) is 33.4. The van der Waals surface area contributed by atoms with Gasteiger partial charge in [-0.2, -0.15) is 13.2 Å². The number of aromatic nitrogens is 2. The number of hydrogen-bond acceptors (Lipinski definition) is 6. The van der Waals surface area contributed by atoms with Gasteiger partial charge in [0.25, 0.3) is 0 Å². The van der Waals surface area contributed by atoms with Gasteiger partial charge in [0.05, 0.1) is 11.3 Å². The van der Waals surface area contributed by atoms with Crippen LogP contribution in [0.4, 0.5) is 17.6 Å². The highest BCUT2D eigenvalue weighted by atomic mass is 19.4. The van der Waals surface area contributed by atoms with Crippen molar-refractivity contribution in [3.05, 3.63) is 76.9 Å². The van der Waals surface area contributed by atoms with Crippen molar-refractivity contribution in [3.8, 4) is 17.1 Å². The van der Waals surface area contributed by atoms with E-state index in [4.69, 9.17) is 19.7 Å². The van der Waals surface area contributed by atoms with E-state index in [1.807, 2.05) is 19.1 Å². The third-order valence-corrected chi connectivity index (χ3v) is 6.76. The molecule has 2 heterocycles. The first-order chi connectivity index (χ1) is 20.0. The standard InChI is InChI=1S/C29H34FN3O3.C2HF3O2/c1-19(13-27(34)35)16-33-12-11-26-21(17-33)15-31-28(32-26)24-10-9-23(14-25(24)30)36-18-20-5-7-22(8-6-20)29(2,3)4;3-2(4,5)1(6)7/h5-10,14-15,19H,11-13,16-18H2,1-4H3,(H,34,35);(H,6,7). The first-order valence-electron chi connectivity index (χ1n) is 13.6. The van der Waals surface area contributed by atoms with Gasteiger partial charge in [0, 0.05) is 50.3 Å². The molecule has 4 rings (SSSR count). The monoisotopic (exact) mass is 605 g/mol. The highest BCUT2D eigenvalue weighted by Crippen LogP contribution is 2.27. The maximum Gasteiger partial charge on any atom is 0.490 e. The zero-order valence-electron chi connectivity index (χ0n) is 24.4. The Labute approximate surface area is 247 Å². The Morgan fingerprint density at radius 3 is 2.28 bits per heavy atom. The number of nitrogens with zero attached hydrogens (tertiary/aromatic N) is 3. The van der Waals surface area contributed by atoms with Crippen LogP contribution in [0.2, 0.25) is 0 Å². The first-order valence-corrected chi connectivity index (χ1v) is 13.6. The molecule has 1 aromatic heterocycles. The van der Waals surface area contributed by atoms with E-state index in [0.717, 1.165) is 29.8 Å². The van der Waals surface area contributed by atoms with Gasteiger partial charge in [-0.25, -0.2) is 19.2 Å². The fraction of sp³-hybridized carbons (Fsp3) is 0.419. The number of aliphatic carboxylic acids is 2. The molecule has 3 aromatic rings. The predicted molar refractivity (Wildman–Crippen MR) is 151 cm³/mol. The normalized spacial score (nSPS) is 14.2. The molecule has 2 aromatic carbocycles. The highest BCUT2D eigenvalue weighted by Gasteiger charge is 2.38. The van der Waals surface area contributed by atoms with E-state index in [1.165, 1.54) is 11.6 Å². The number of benzene rings is 2. The average Bonchev–Trinajstić information content (AvgIpc) is 2.91. The van der Waals surface area contributed by atoms with Gasteiger partial charge < -0.3 is 14.9 Å². The van der Waals surface area contributed by atoms with Crippen LogP contribution in [0.1, 0.15) is 56.5 Å². The number of alkyl halides is 3. The SMILES string of the molecule is CC(CC(=O)O)CN1CCc2nc(-c3ccc(OCc4ccc(C(C)(C)C)cc4)cc3F)ncc2C1.O=C(O)C(F)(F)F. The zero-order valence-corrected chi connectivity index (χ0v) is 24.4. The molecule has 12 heteroatoms. The molecule has 2 N–H and O–H groups in total. The van der Waals surface area contributed by atoms with Crippen molar-refractivity contribution < 1.29 is 42.1 Å². The molecule has 0 aliphatic carbocycles. The van der Waals surface area contributed by atoms with Gasteiger partial charge in [-0.1, -0.05) is 52.0 Å². The minimum Gasteiger partial charge on any atom is -0.489 e. The molecule has 8 nitrogen and oxygen atoms in total. The largest absolute Gasteiger partial charge is 0.490 e. The Kier molecular flexibility index (Phi) is 10.8. The van der Waals surface area contributed by atoms with E-state index in [-0.39, 0.29) is 17.8 Å². The predicted octanol–water partition coefficient (Wildman–Crippen LogP) is 6.26. The van der Waals surface area contributed by atoms with Crippen LogP contribution in [-0.4, -0.2) is 56.3 Å². The maximum absolute atomic E-state index is 15.0. The molecule has 0 amide bonds. The Bertz CT molecular complexity index is 1420. The summed E-state index contributed by atoms with van der Waals surface area (Å²) < 4.78 is 52.5. The molecule has 232 valence electrons. The lowest BCUT2D eigenvalue weighted by Gasteiger charge is -2.29.